The lowest BCUT2D eigenvalue weighted by atomic mass is 9.64. The highest BCUT2D eigenvalue weighted by atomic mass is 16.6. The SMILES string of the molecule is CC1=CC[C@H](C(C)C)[C@H]2C(=O)O[C@@H](C3(C)C=CC(=O)O3)C[C@@H]12. The van der Waals surface area contributed by atoms with Crippen molar-refractivity contribution in [1.82, 2.24) is 0 Å². The van der Waals surface area contributed by atoms with Gasteiger partial charge >= 0.3 is 11.9 Å². The lowest BCUT2D eigenvalue weighted by molar-refractivity contribution is -0.188. The summed E-state index contributed by atoms with van der Waals surface area (Å²) in [5, 5.41) is 0. The molecule has 1 saturated heterocycles. The molecule has 0 aromatic heterocycles. The van der Waals surface area contributed by atoms with E-state index in [1.165, 1.54) is 11.6 Å². The summed E-state index contributed by atoms with van der Waals surface area (Å²) in [5.41, 5.74) is 0.434. The maximum absolute atomic E-state index is 12.7. The maximum atomic E-state index is 12.7. The zero-order valence-corrected chi connectivity index (χ0v) is 13.7. The molecule has 0 radical (unpaired) electrons. The minimum absolute atomic E-state index is 0.0639. The summed E-state index contributed by atoms with van der Waals surface area (Å²) >= 11 is 0. The van der Waals surface area contributed by atoms with Gasteiger partial charge in [0.15, 0.2) is 5.60 Å². The molecule has 3 rings (SSSR count). The van der Waals surface area contributed by atoms with E-state index in [4.69, 9.17) is 9.47 Å². The van der Waals surface area contributed by atoms with Crippen LogP contribution in [-0.4, -0.2) is 23.6 Å². The van der Waals surface area contributed by atoms with Gasteiger partial charge in [0.25, 0.3) is 0 Å². The summed E-state index contributed by atoms with van der Waals surface area (Å²) in [6.45, 7) is 8.24. The summed E-state index contributed by atoms with van der Waals surface area (Å²) in [7, 11) is 0. The van der Waals surface area contributed by atoms with E-state index in [-0.39, 0.29) is 23.8 Å². The molecule has 4 heteroatoms. The molecule has 0 N–H and O–H groups in total. The molecule has 0 amide bonds. The van der Waals surface area contributed by atoms with Gasteiger partial charge in [-0.1, -0.05) is 25.5 Å². The van der Waals surface area contributed by atoms with Gasteiger partial charge in [-0.2, -0.15) is 0 Å². The molecule has 0 aromatic rings. The number of carbonyl (C=O) groups is 2. The number of allylic oxidation sites excluding steroid dienone is 2. The molecule has 1 aliphatic carbocycles. The number of cyclic esters (lactones) is 2. The summed E-state index contributed by atoms with van der Waals surface area (Å²) in [6, 6.07) is 0. The van der Waals surface area contributed by atoms with Crippen LogP contribution in [0.4, 0.5) is 0 Å². The predicted octanol–water partition coefficient (Wildman–Crippen LogP) is 3.03. The van der Waals surface area contributed by atoms with Crippen LogP contribution >= 0.6 is 0 Å². The van der Waals surface area contributed by atoms with Gasteiger partial charge in [-0.15, -0.1) is 0 Å². The van der Waals surface area contributed by atoms with Crippen molar-refractivity contribution in [3.8, 4) is 0 Å². The zero-order valence-electron chi connectivity index (χ0n) is 13.7. The number of rotatable bonds is 2. The second-order valence-corrected chi connectivity index (χ2v) is 7.32. The Kier molecular flexibility index (Phi) is 3.66. The lowest BCUT2D eigenvalue weighted by Crippen LogP contribution is -2.52. The number of esters is 2. The number of ether oxygens (including phenoxy) is 2. The van der Waals surface area contributed by atoms with E-state index in [9.17, 15) is 9.59 Å². The molecule has 0 bridgehead atoms. The highest BCUT2D eigenvalue weighted by Crippen LogP contribution is 2.47. The Bertz CT molecular complexity index is 559. The fourth-order valence-electron chi connectivity index (χ4n) is 4.10. The Morgan fingerprint density at radius 3 is 2.64 bits per heavy atom. The molecule has 1 fully saturated rings. The Labute approximate surface area is 131 Å². The Morgan fingerprint density at radius 1 is 1.32 bits per heavy atom. The Morgan fingerprint density at radius 2 is 2.05 bits per heavy atom. The van der Waals surface area contributed by atoms with Crippen molar-refractivity contribution in [1.29, 1.82) is 0 Å². The Balaban J connectivity index is 1.87. The third-order valence-electron chi connectivity index (χ3n) is 5.56. The first-order valence-corrected chi connectivity index (χ1v) is 8.11. The molecule has 0 saturated carbocycles. The van der Waals surface area contributed by atoms with E-state index in [1.807, 2.05) is 6.92 Å². The number of hydrogen-bond donors (Lipinski definition) is 0. The standard InChI is InChI=1S/C18H24O4/c1-10(2)12-6-5-11(3)13-9-14(21-17(20)16(12)13)18(4)8-7-15(19)22-18/h5,7-8,10,12-14,16H,6,9H2,1-4H3/t12-,13+,14-,16-,18?/m1/s1. The third kappa shape index (κ3) is 2.38. The average molecular weight is 304 g/mol. The molecule has 22 heavy (non-hydrogen) atoms. The molecule has 5 atom stereocenters. The number of carbonyl (C=O) groups excluding carboxylic acids is 2. The van der Waals surface area contributed by atoms with Crippen LogP contribution < -0.4 is 0 Å². The van der Waals surface area contributed by atoms with Crippen LogP contribution in [0, 0.1) is 23.7 Å². The number of fused-ring (bicyclic) bond motifs is 1. The smallest absolute Gasteiger partial charge is 0.331 e. The molecule has 3 aliphatic rings. The predicted molar refractivity (Wildman–Crippen MR) is 81.8 cm³/mol. The number of hydrogen-bond acceptors (Lipinski definition) is 4. The van der Waals surface area contributed by atoms with E-state index >= 15 is 0 Å². The van der Waals surface area contributed by atoms with E-state index in [2.05, 4.69) is 26.8 Å². The minimum Gasteiger partial charge on any atom is -0.457 e. The van der Waals surface area contributed by atoms with Crippen molar-refractivity contribution in [2.75, 3.05) is 0 Å². The largest absolute Gasteiger partial charge is 0.457 e. The molecule has 2 heterocycles. The van der Waals surface area contributed by atoms with Crippen LogP contribution in [0.1, 0.15) is 40.5 Å². The first-order valence-electron chi connectivity index (χ1n) is 8.11. The van der Waals surface area contributed by atoms with Gasteiger partial charge in [0.05, 0.1) is 5.92 Å². The van der Waals surface area contributed by atoms with Crippen molar-refractivity contribution >= 4 is 11.9 Å². The van der Waals surface area contributed by atoms with Gasteiger partial charge < -0.3 is 9.47 Å². The van der Waals surface area contributed by atoms with E-state index in [0.29, 0.717) is 11.8 Å². The van der Waals surface area contributed by atoms with Gasteiger partial charge in [-0.25, -0.2) is 4.79 Å². The Hall–Kier alpha value is -1.58. The first-order chi connectivity index (χ1) is 10.3. The van der Waals surface area contributed by atoms with Crippen LogP contribution in [0.25, 0.3) is 0 Å². The van der Waals surface area contributed by atoms with Gasteiger partial charge in [-0.3, -0.25) is 4.79 Å². The van der Waals surface area contributed by atoms with Crippen LogP contribution in [0.5, 0.6) is 0 Å². The van der Waals surface area contributed by atoms with Crippen molar-refractivity contribution in [3.63, 3.8) is 0 Å². The van der Waals surface area contributed by atoms with Gasteiger partial charge in [0.1, 0.15) is 6.10 Å². The van der Waals surface area contributed by atoms with Crippen molar-refractivity contribution in [3.05, 3.63) is 23.8 Å². The first kappa shape index (κ1) is 15.3. The van der Waals surface area contributed by atoms with Crippen molar-refractivity contribution < 1.29 is 19.1 Å². The lowest BCUT2D eigenvalue weighted by Gasteiger charge is -2.46. The van der Waals surface area contributed by atoms with Crippen LogP contribution in [0.15, 0.2) is 23.8 Å². The maximum Gasteiger partial charge on any atom is 0.331 e. The molecule has 120 valence electrons. The van der Waals surface area contributed by atoms with E-state index < -0.39 is 11.7 Å². The van der Waals surface area contributed by atoms with Gasteiger partial charge in [0, 0.05) is 6.08 Å². The molecule has 1 unspecified atom stereocenters. The summed E-state index contributed by atoms with van der Waals surface area (Å²) in [5.74, 6) is 0.404. The van der Waals surface area contributed by atoms with Gasteiger partial charge in [0.2, 0.25) is 0 Å². The zero-order chi connectivity index (χ0) is 16.1. The highest BCUT2D eigenvalue weighted by molar-refractivity contribution is 5.85. The molecular weight excluding hydrogens is 280 g/mol. The second kappa shape index (κ2) is 5.25. The van der Waals surface area contributed by atoms with Crippen LogP contribution in [-0.2, 0) is 19.1 Å². The van der Waals surface area contributed by atoms with Crippen molar-refractivity contribution in [2.24, 2.45) is 23.7 Å². The van der Waals surface area contributed by atoms with Crippen molar-refractivity contribution in [2.45, 2.75) is 52.2 Å². The fraction of sp³-hybridized carbons (Fsp3) is 0.667. The molecule has 2 aliphatic heterocycles. The molecule has 4 nitrogen and oxygen atoms in total. The quantitative estimate of drug-likeness (QED) is 0.581. The summed E-state index contributed by atoms with van der Waals surface area (Å²) in [6.07, 6.45) is 6.65. The van der Waals surface area contributed by atoms with E-state index in [0.717, 1.165) is 12.8 Å². The summed E-state index contributed by atoms with van der Waals surface area (Å²) in [4.78, 5) is 24.1. The molecule has 0 spiro atoms. The topological polar surface area (TPSA) is 52.6 Å². The highest BCUT2D eigenvalue weighted by Gasteiger charge is 2.52. The third-order valence-corrected chi connectivity index (χ3v) is 5.56. The average Bonchev–Trinajstić information content (AvgIpc) is 2.80. The minimum atomic E-state index is -0.831. The van der Waals surface area contributed by atoms with Crippen LogP contribution in [0.3, 0.4) is 0 Å². The van der Waals surface area contributed by atoms with Crippen LogP contribution in [0.2, 0.25) is 0 Å². The molecule has 0 aromatic carbocycles. The molecular formula is C18H24O4. The van der Waals surface area contributed by atoms with E-state index in [1.54, 1.807) is 6.08 Å². The van der Waals surface area contributed by atoms with Gasteiger partial charge in [-0.05, 0) is 50.5 Å². The second-order valence-electron chi connectivity index (χ2n) is 7.32. The fourth-order valence-corrected chi connectivity index (χ4v) is 4.10. The monoisotopic (exact) mass is 304 g/mol. The summed E-state index contributed by atoms with van der Waals surface area (Å²) < 4.78 is 11.1. The normalized spacial score (nSPS) is 41.0.